The van der Waals surface area contributed by atoms with Gasteiger partial charge in [0.15, 0.2) is 0 Å². The Morgan fingerprint density at radius 1 is 0.966 bits per heavy atom. The van der Waals surface area contributed by atoms with Gasteiger partial charge in [-0.2, -0.15) is 13.2 Å². The molecule has 2 aromatic carbocycles. The van der Waals surface area contributed by atoms with Gasteiger partial charge < -0.3 is 15.4 Å². The summed E-state index contributed by atoms with van der Waals surface area (Å²) in [6.07, 6.45) is -5.52. The predicted octanol–water partition coefficient (Wildman–Crippen LogP) is 3.77. The largest absolute Gasteiger partial charge is 0.463 e. The minimum absolute atomic E-state index is 0.425. The number of amides is 1. The van der Waals surface area contributed by atoms with Crippen molar-refractivity contribution in [3.63, 3.8) is 0 Å². The van der Waals surface area contributed by atoms with Gasteiger partial charge in [0.25, 0.3) is 5.91 Å². The topological polar surface area (TPSA) is 67.4 Å². The molecule has 0 aliphatic rings. The number of hydrogen-bond acceptors (Lipinski definition) is 4. The maximum Gasteiger partial charge on any atom is 0.441 e. The molecule has 1 atom stereocenters. The molecule has 156 valence electrons. The van der Waals surface area contributed by atoms with Gasteiger partial charge in [0.1, 0.15) is 23.0 Å². The van der Waals surface area contributed by atoms with E-state index in [2.05, 4.69) is 4.74 Å². The summed E-state index contributed by atoms with van der Waals surface area (Å²) in [6.45, 7) is 0.723. The van der Waals surface area contributed by atoms with Crippen LogP contribution in [0.3, 0.4) is 0 Å². The van der Waals surface area contributed by atoms with E-state index in [0.717, 1.165) is 30.3 Å². The van der Waals surface area contributed by atoms with Crippen molar-refractivity contribution in [2.75, 3.05) is 11.9 Å². The zero-order valence-corrected chi connectivity index (χ0v) is 14.7. The second-order valence-electron chi connectivity index (χ2n) is 5.65. The fourth-order valence-electron chi connectivity index (χ4n) is 2.33. The smallest absolute Gasteiger partial charge is 0.441 e. The molecule has 11 heteroatoms. The Balaban J connectivity index is 2.56. The van der Waals surface area contributed by atoms with Crippen LogP contribution >= 0.6 is 0 Å². The molecule has 0 fully saturated rings. The summed E-state index contributed by atoms with van der Waals surface area (Å²) < 4.78 is 87.0. The van der Waals surface area contributed by atoms with E-state index in [-0.39, 0.29) is 0 Å². The van der Waals surface area contributed by atoms with Crippen molar-refractivity contribution < 1.29 is 40.7 Å². The molecule has 0 saturated carbocycles. The third-order valence-corrected chi connectivity index (χ3v) is 3.67. The van der Waals surface area contributed by atoms with Gasteiger partial charge in [-0.3, -0.25) is 4.79 Å². The minimum Gasteiger partial charge on any atom is -0.463 e. The van der Waals surface area contributed by atoms with Crippen molar-refractivity contribution in [1.82, 2.24) is 5.32 Å². The standard InChI is InChI=1S/C18H14F6N2O3/c1-2-29-16(28)17(18(22,23)24,25-11-8-6-10(19)7-9-11)26-15(27)14-12(20)4-3-5-13(14)21/h3-9,25H,2H2,1H3,(H,26,27). The lowest BCUT2D eigenvalue weighted by molar-refractivity contribution is -0.204. The Kier molecular flexibility index (Phi) is 6.40. The molecule has 5 nitrogen and oxygen atoms in total. The predicted molar refractivity (Wildman–Crippen MR) is 89.3 cm³/mol. The molecule has 0 aliphatic carbocycles. The number of ether oxygens (including phenoxy) is 1. The normalized spacial score (nSPS) is 13.3. The first-order valence-corrected chi connectivity index (χ1v) is 8.06. The molecule has 0 bridgehead atoms. The first-order chi connectivity index (χ1) is 13.5. The van der Waals surface area contributed by atoms with Gasteiger partial charge in [-0.25, -0.2) is 18.0 Å². The van der Waals surface area contributed by atoms with Crippen LogP contribution in [0.25, 0.3) is 0 Å². The zero-order valence-electron chi connectivity index (χ0n) is 14.7. The number of esters is 1. The molecule has 2 N–H and O–H groups in total. The van der Waals surface area contributed by atoms with E-state index in [1.807, 2.05) is 0 Å². The first kappa shape index (κ1) is 22.1. The van der Waals surface area contributed by atoms with Crippen LogP contribution in [-0.4, -0.2) is 30.3 Å². The average molecular weight is 420 g/mol. The number of anilines is 1. The van der Waals surface area contributed by atoms with Crippen molar-refractivity contribution in [3.8, 4) is 0 Å². The maximum atomic E-state index is 14.0. The SMILES string of the molecule is CCOC(=O)C(NC(=O)c1c(F)cccc1F)(Nc1ccc(F)cc1)C(F)(F)F. The van der Waals surface area contributed by atoms with Gasteiger partial charge in [0.2, 0.25) is 0 Å². The van der Waals surface area contributed by atoms with Crippen LogP contribution in [0.2, 0.25) is 0 Å². The highest BCUT2D eigenvalue weighted by atomic mass is 19.4. The third kappa shape index (κ3) is 4.61. The molecule has 2 rings (SSSR count). The Labute approximate surface area is 160 Å². The van der Waals surface area contributed by atoms with Crippen LogP contribution in [0.4, 0.5) is 32.0 Å². The van der Waals surface area contributed by atoms with Crippen LogP contribution in [0.15, 0.2) is 42.5 Å². The van der Waals surface area contributed by atoms with Crippen LogP contribution in [0.1, 0.15) is 17.3 Å². The number of carbonyl (C=O) groups is 2. The average Bonchev–Trinajstić information content (AvgIpc) is 2.62. The monoisotopic (exact) mass is 420 g/mol. The summed E-state index contributed by atoms with van der Waals surface area (Å²) in [5.41, 5.74) is -5.66. The van der Waals surface area contributed by atoms with Gasteiger partial charge in [-0.15, -0.1) is 0 Å². The van der Waals surface area contributed by atoms with E-state index >= 15 is 0 Å². The molecule has 0 aliphatic heterocycles. The molecular weight excluding hydrogens is 406 g/mol. The number of rotatable bonds is 6. The molecule has 0 aromatic heterocycles. The molecule has 0 radical (unpaired) electrons. The van der Waals surface area contributed by atoms with Gasteiger partial charge in [-0.05, 0) is 43.3 Å². The highest BCUT2D eigenvalue weighted by molar-refractivity contribution is 5.99. The van der Waals surface area contributed by atoms with E-state index in [9.17, 15) is 35.9 Å². The molecule has 2 aromatic rings. The van der Waals surface area contributed by atoms with Crippen LogP contribution in [0, 0.1) is 17.5 Å². The quantitative estimate of drug-likeness (QED) is 0.424. The third-order valence-electron chi connectivity index (χ3n) is 3.67. The number of alkyl halides is 3. The van der Waals surface area contributed by atoms with Crippen LogP contribution < -0.4 is 10.6 Å². The van der Waals surface area contributed by atoms with Gasteiger partial charge in [-0.1, -0.05) is 6.07 Å². The molecule has 0 heterocycles. The minimum atomic E-state index is -5.52. The second-order valence-corrected chi connectivity index (χ2v) is 5.65. The lowest BCUT2D eigenvalue weighted by Crippen LogP contribution is -2.69. The van der Waals surface area contributed by atoms with E-state index in [1.165, 1.54) is 12.2 Å². The van der Waals surface area contributed by atoms with Crippen molar-refractivity contribution in [1.29, 1.82) is 0 Å². The van der Waals surface area contributed by atoms with Crippen molar-refractivity contribution >= 4 is 17.6 Å². The number of hydrogen-bond donors (Lipinski definition) is 2. The summed E-state index contributed by atoms with van der Waals surface area (Å²) >= 11 is 0. The Morgan fingerprint density at radius 2 is 1.52 bits per heavy atom. The Hall–Kier alpha value is -3.24. The summed E-state index contributed by atoms with van der Waals surface area (Å²) in [4.78, 5) is 24.5. The van der Waals surface area contributed by atoms with Crippen LogP contribution in [0.5, 0.6) is 0 Å². The Bertz CT molecular complexity index is 881. The highest BCUT2D eigenvalue weighted by Crippen LogP contribution is 2.34. The van der Waals surface area contributed by atoms with Gasteiger partial charge in [0, 0.05) is 5.69 Å². The number of halogens is 6. The second kappa shape index (κ2) is 8.41. The zero-order chi connectivity index (χ0) is 21.8. The lowest BCUT2D eigenvalue weighted by atomic mass is 10.1. The summed E-state index contributed by atoms with van der Waals surface area (Å²) in [6, 6.07) is 5.55. The fourth-order valence-corrected chi connectivity index (χ4v) is 2.33. The number of nitrogens with one attached hydrogen (secondary N) is 2. The summed E-state index contributed by atoms with van der Waals surface area (Å²) in [5.74, 6) is -7.50. The molecule has 0 saturated heterocycles. The number of carbonyl (C=O) groups excluding carboxylic acids is 2. The molecular formula is C18H14F6N2O3. The van der Waals surface area contributed by atoms with Crippen molar-refractivity contribution in [3.05, 3.63) is 65.5 Å². The van der Waals surface area contributed by atoms with E-state index in [1.54, 1.807) is 5.32 Å². The number of benzene rings is 2. The summed E-state index contributed by atoms with van der Waals surface area (Å²) in [7, 11) is 0. The molecule has 0 spiro atoms. The maximum absolute atomic E-state index is 14.0. The Morgan fingerprint density at radius 3 is 2.00 bits per heavy atom. The fraction of sp³-hybridized carbons (Fsp3) is 0.222. The van der Waals surface area contributed by atoms with Gasteiger partial charge >= 0.3 is 17.8 Å². The van der Waals surface area contributed by atoms with E-state index < -0.39 is 59.0 Å². The molecule has 29 heavy (non-hydrogen) atoms. The lowest BCUT2D eigenvalue weighted by Gasteiger charge is -2.35. The van der Waals surface area contributed by atoms with E-state index in [0.29, 0.717) is 12.1 Å². The van der Waals surface area contributed by atoms with Crippen LogP contribution in [-0.2, 0) is 9.53 Å². The van der Waals surface area contributed by atoms with Crippen molar-refractivity contribution in [2.24, 2.45) is 0 Å². The molecule has 1 amide bonds. The van der Waals surface area contributed by atoms with Crippen molar-refractivity contribution in [2.45, 2.75) is 18.8 Å². The summed E-state index contributed by atoms with van der Waals surface area (Å²) in [5, 5.41) is 3.03. The van der Waals surface area contributed by atoms with Gasteiger partial charge in [0.05, 0.1) is 6.61 Å². The van der Waals surface area contributed by atoms with E-state index in [4.69, 9.17) is 0 Å². The molecule has 1 unspecified atom stereocenters. The first-order valence-electron chi connectivity index (χ1n) is 8.06. The highest BCUT2D eigenvalue weighted by Gasteiger charge is 2.64.